The molecule has 2 atom stereocenters. The first kappa shape index (κ1) is 10.4. The van der Waals surface area contributed by atoms with Crippen LogP contribution in [-0.4, -0.2) is 23.5 Å². The molecule has 2 unspecified atom stereocenters. The van der Waals surface area contributed by atoms with Crippen LogP contribution in [-0.2, 0) is 4.79 Å². The van der Waals surface area contributed by atoms with Gasteiger partial charge in [0.25, 0.3) is 0 Å². The lowest BCUT2D eigenvalue weighted by Gasteiger charge is -2.27. The van der Waals surface area contributed by atoms with E-state index in [1.807, 2.05) is 0 Å². The smallest absolute Gasteiger partial charge is 0.249 e. The van der Waals surface area contributed by atoms with E-state index in [-0.39, 0.29) is 11.5 Å². The Kier molecular flexibility index (Phi) is 2.91. The summed E-state index contributed by atoms with van der Waals surface area (Å²) in [6.07, 6.45) is 3.55. The van der Waals surface area contributed by atoms with Crippen molar-refractivity contribution in [2.45, 2.75) is 17.4 Å². The van der Waals surface area contributed by atoms with Crippen LogP contribution in [0.1, 0.15) is 6.92 Å². The Labute approximate surface area is 85.0 Å². The lowest BCUT2D eigenvalue weighted by molar-refractivity contribution is -0.117. The number of nitrogens with one attached hydrogen (secondary N) is 1. The zero-order valence-electron chi connectivity index (χ0n) is 7.47. The van der Waals surface area contributed by atoms with Gasteiger partial charge in [-0.1, -0.05) is 34.2 Å². The molecule has 4 heteroatoms. The maximum absolute atomic E-state index is 13.6. The molecule has 0 aromatic carbocycles. The first-order chi connectivity index (χ1) is 5.99. The Morgan fingerprint density at radius 1 is 1.77 bits per heavy atom. The highest BCUT2D eigenvalue weighted by Crippen LogP contribution is 2.33. The molecule has 1 aliphatic carbocycles. The van der Waals surface area contributed by atoms with E-state index in [2.05, 4.69) is 21.2 Å². The number of hydrogen-bond acceptors (Lipinski definition) is 1. The normalized spacial score (nSPS) is 32.6. The largest absolute Gasteiger partial charge is 0.355 e. The van der Waals surface area contributed by atoms with Gasteiger partial charge in [-0.2, -0.15) is 0 Å². The van der Waals surface area contributed by atoms with E-state index in [1.165, 1.54) is 13.1 Å². The summed E-state index contributed by atoms with van der Waals surface area (Å²) in [6, 6.07) is 0. The predicted octanol–water partition coefficient (Wildman–Crippen LogP) is 1.72. The molecule has 1 N–H and O–H groups in total. The quantitative estimate of drug-likeness (QED) is 0.703. The molecule has 0 bridgehead atoms. The Bertz CT molecular complexity index is 283. The molecule has 1 aliphatic rings. The lowest BCUT2D eigenvalue weighted by atomic mass is 9.93. The number of allylic oxidation sites excluding steroid dienone is 3. The highest BCUT2D eigenvalue weighted by Gasteiger charge is 2.36. The molecule has 13 heavy (non-hydrogen) atoms. The van der Waals surface area contributed by atoms with Crippen LogP contribution in [0.15, 0.2) is 23.8 Å². The van der Waals surface area contributed by atoms with Crippen LogP contribution < -0.4 is 5.32 Å². The van der Waals surface area contributed by atoms with Crippen molar-refractivity contribution < 1.29 is 9.18 Å². The number of carbonyl (C=O) groups is 1. The third-order valence-corrected chi connectivity index (χ3v) is 2.62. The minimum atomic E-state index is -1.31. The van der Waals surface area contributed by atoms with Crippen LogP contribution in [0.3, 0.4) is 0 Å². The number of amides is 1. The van der Waals surface area contributed by atoms with Gasteiger partial charge in [-0.25, -0.2) is 4.39 Å². The molecule has 2 nitrogen and oxygen atoms in total. The second-order valence-corrected chi connectivity index (χ2v) is 4.78. The molecule has 1 amide bonds. The van der Waals surface area contributed by atoms with E-state index in [9.17, 15) is 9.18 Å². The highest BCUT2D eigenvalue weighted by atomic mass is 79.9. The first-order valence-corrected chi connectivity index (χ1v) is 4.73. The van der Waals surface area contributed by atoms with E-state index in [0.717, 1.165) is 0 Å². The summed E-state index contributed by atoms with van der Waals surface area (Å²) in [7, 11) is 1.49. The van der Waals surface area contributed by atoms with Crippen molar-refractivity contribution in [3.63, 3.8) is 0 Å². The van der Waals surface area contributed by atoms with E-state index in [1.54, 1.807) is 19.1 Å². The molecule has 0 fully saturated rings. The van der Waals surface area contributed by atoms with E-state index >= 15 is 0 Å². The third kappa shape index (κ3) is 1.99. The third-order valence-electron chi connectivity index (χ3n) is 1.96. The molecule has 1 rings (SSSR count). The molecule has 0 spiro atoms. The zero-order chi connectivity index (χ0) is 10.1. The van der Waals surface area contributed by atoms with Gasteiger partial charge in [0.05, 0.1) is 9.90 Å². The first-order valence-electron chi connectivity index (χ1n) is 3.93. The van der Waals surface area contributed by atoms with Gasteiger partial charge >= 0.3 is 0 Å². The highest BCUT2D eigenvalue weighted by molar-refractivity contribution is 9.10. The second kappa shape index (κ2) is 3.62. The fourth-order valence-corrected chi connectivity index (χ4v) is 1.55. The van der Waals surface area contributed by atoms with Crippen LogP contribution in [0.25, 0.3) is 0 Å². The van der Waals surface area contributed by atoms with Gasteiger partial charge < -0.3 is 5.32 Å². The van der Waals surface area contributed by atoms with Crippen molar-refractivity contribution in [3.8, 4) is 0 Å². The molecular formula is C9H11BrFNO. The Morgan fingerprint density at radius 3 is 2.92 bits per heavy atom. The Morgan fingerprint density at radius 2 is 2.38 bits per heavy atom. The molecule has 0 aromatic rings. The molecule has 0 saturated heterocycles. The van der Waals surface area contributed by atoms with Crippen LogP contribution in [0, 0.1) is 0 Å². The van der Waals surface area contributed by atoms with Gasteiger partial charge in [0.15, 0.2) is 0 Å². The number of carbonyl (C=O) groups excluding carboxylic acids is 1. The maximum Gasteiger partial charge on any atom is 0.249 e. The lowest BCUT2D eigenvalue weighted by Crippen LogP contribution is -2.37. The van der Waals surface area contributed by atoms with Crippen LogP contribution >= 0.6 is 15.9 Å². The summed E-state index contributed by atoms with van der Waals surface area (Å²) in [6.45, 7) is 1.68. The van der Waals surface area contributed by atoms with Crippen molar-refractivity contribution in [2.24, 2.45) is 0 Å². The minimum absolute atomic E-state index is 0.157. The SMILES string of the molecule is CNC(=O)C1=CC=CC(C)(Br)C1F. The van der Waals surface area contributed by atoms with Gasteiger partial charge in [-0.3, -0.25) is 4.79 Å². The Hall–Kier alpha value is -0.640. The summed E-state index contributed by atoms with van der Waals surface area (Å²) in [4.78, 5) is 11.2. The molecule has 72 valence electrons. The maximum atomic E-state index is 13.6. The van der Waals surface area contributed by atoms with Crippen LogP contribution in [0.2, 0.25) is 0 Å². The van der Waals surface area contributed by atoms with Crippen molar-refractivity contribution in [3.05, 3.63) is 23.8 Å². The van der Waals surface area contributed by atoms with Gasteiger partial charge in [0, 0.05) is 7.05 Å². The van der Waals surface area contributed by atoms with Crippen LogP contribution in [0.5, 0.6) is 0 Å². The topological polar surface area (TPSA) is 29.1 Å². The summed E-state index contributed by atoms with van der Waals surface area (Å²) >= 11 is 3.21. The van der Waals surface area contributed by atoms with Gasteiger partial charge in [0.2, 0.25) is 5.91 Å². The van der Waals surface area contributed by atoms with Gasteiger partial charge in [-0.15, -0.1) is 0 Å². The van der Waals surface area contributed by atoms with Crippen molar-refractivity contribution in [2.75, 3.05) is 7.05 Å². The van der Waals surface area contributed by atoms with E-state index < -0.39 is 10.5 Å². The van der Waals surface area contributed by atoms with Gasteiger partial charge in [0.1, 0.15) is 6.17 Å². The van der Waals surface area contributed by atoms with E-state index in [4.69, 9.17) is 0 Å². The molecule has 0 aliphatic heterocycles. The van der Waals surface area contributed by atoms with E-state index in [0.29, 0.717) is 0 Å². The number of halogens is 2. The summed E-state index contributed by atoms with van der Waals surface area (Å²) in [5.74, 6) is -0.373. The predicted molar refractivity (Wildman–Crippen MR) is 53.5 cm³/mol. The number of likely N-dealkylation sites (N-methyl/N-ethyl adjacent to an activating group) is 1. The summed E-state index contributed by atoms with van der Waals surface area (Å²) in [5, 5.41) is 2.40. The molecule has 0 saturated carbocycles. The van der Waals surface area contributed by atoms with Crippen molar-refractivity contribution in [1.82, 2.24) is 5.32 Å². The fourth-order valence-electron chi connectivity index (χ4n) is 1.15. The monoisotopic (exact) mass is 247 g/mol. The van der Waals surface area contributed by atoms with Crippen molar-refractivity contribution >= 4 is 21.8 Å². The molecule has 0 heterocycles. The average Bonchev–Trinajstić information content (AvgIpc) is 2.08. The number of rotatable bonds is 1. The molecule has 0 aromatic heterocycles. The second-order valence-electron chi connectivity index (χ2n) is 3.07. The minimum Gasteiger partial charge on any atom is -0.355 e. The standard InChI is InChI=1S/C9H11BrFNO/c1-9(10)5-3-4-6(7(9)11)8(13)12-2/h3-5,7H,1-2H3,(H,12,13). The van der Waals surface area contributed by atoms with Gasteiger partial charge in [-0.05, 0) is 6.92 Å². The fraction of sp³-hybridized carbons (Fsp3) is 0.444. The number of hydrogen-bond donors (Lipinski definition) is 1. The van der Waals surface area contributed by atoms with Crippen molar-refractivity contribution in [1.29, 1.82) is 0 Å². The molecule has 0 radical (unpaired) electrons. The summed E-state index contributed by atoms with van der Waals surface area (Å²) < 4.78 is 12.9. The Balaban J connectivity index is 2.94. The number of alkyl halides is 2. The molecular weight excluding hydrogens is 237 g/mol. The zero-order valence-corrected chi connectivity index (χ0v) is 9.06. The van der Waals surface area contributed by atoms with Crippen LogP contribution in [0.4, 0.5) is 4.39 Å². The summed E-state index contributed by atoms with van der Waals surface area (Å²) in [5.41, 5.74) is 0.157. The average molecular weight is 248 g/mol.